The van der Waals surface area contributed by atoms with E-state index in [1.807, 2.05) is 0 Å². The number of hydrogen-bond acceptors (Lipinski definition) is 8. The Labute approximate surface area is 154 Å². The molecule has 0 spiro atoms. The van der Waals surface area contributed by atoms with Gasteiger partial charge in [-0.15, -0.1) is 0 Å². The third kappa shape index (κ3) is 4.08. The van der Waals surface area contributed by atoms with Crippen molar-refractivity contribution in [1.82, 2.24) is 0 Å². The molecule has 1 heterocycles. The number of carbonyl (C=O) groups excluding carboxylic acids is 3. The summed E-state index contributed by atoms with van der Waals surface area (Å²) in [6.45, 7) is 4.88. The van der Waals surface area contributed by atoms with Crippen molar-refractivity contribution in [2.24, 2.45) is 10.9 Å². The SMILES string of the molecule is CCOC(=O)C1C(C)=NC(C)=C(C(=O)OC=O)C1c1cccc([N+](=O)[O-])c1. The Hall–Kier alpha value is -3.36. The largest absolute Gasteiger partial charge is 0.465 e. The van der Waals surface area contributed by atoms with Crippen LogP contribution in [0.2, 0.25) is 0 Å². The van der Waals surface area contributed by atoms with Gasteiger partial charge in [0.25, 0.3) is 5.69 Å². The Morgan fingerprint density at radius 3 is 2.63 bits per heavy atom. The number of non-ortho nitro benzene ring substituents is 1. The number of benzene rings is 1. The zero-order chi connectivity index (χ0) is 20.1. The molecule has 1 aliphatic rings. The number of carbonyl (C=O) groups is 3. The predicted molar refractivity (Wildman–Crippen MR) is 93.9 cm³/mol. The van der Waals surface area contributed by atoms with Gasteiger partial charge in [0.05, 0.1) is 17.1 Å². The molecule has 27 heavy (non-hydrogen) atoms. The van der Waals surface area contributed by atoms with Gasteiger partial charge in [0.1, 0.15) is 5.92 Å². The van der Waals surface area contributed by atoms with Crippen LogP contribution in [0, 0.1) is 16.0 Å². The van der Waals surface area contributed by atoms with Crippen LogP contribution in [0.25, 0.3) is 0 Å². The molecule has 0 bridgehead atoms. The van der Waals surface area contributed by atoms with Gasteiger partial charge in [0.15, 0.2) is 0 Å². The van der Waals surface area contributed by atoms with Crippen LogP contribution in [-0.4, -0.2) is 35.7 Å². The van der Waals surface area contributed by atoms with E-state index in [0.717, 1.165) is 0 Å². The normalized spacial score (nSPS) is 19.1. The summed E-state index contributed by atoms with van der Waals surface area (Å²) in [5.41, 5.74) is 0.775. The van der Waals surface area contributed by atoms with Gasteiger partial charge in [-0.3, -0.25) is 24.7 Å². The van der Waals surface area contributed by atoms with Gasteiger partial charge < -0.3 is 9.47 Å². The quantitative estimate of drug-likeness (QED) is 0.246. The van der Waals surface area contributed by atoms with Gasteiger partial charge >= 0.3 is 18.4 Å². The van der Waals surface area contributed by atoms with Gasteiger partial charge in [-0.05, 0) is 26.3 Å². The number of nitro groups is 1. The molecule has 1 aromatic carbocycles. The Bertz CT molecular complexity index is 857. The van der Waals surface area contributed by atoms with E-state index < -0.39 is 28.7 Å². The van der Waals surface area contributed by atoms with E-state index in [1.165, 1.54) is 25.1 Å². The van der Waals surface area contributed by atoms with Crippen molar-refractivity contribution < 1.29 is 28.8 Å². The minimum absolute atomic E-state index is 0.0162. The summed E-state index contributed by atoms with van der Waals surface area (Å²) in [7, 11) is 0. The number of nitro benzene ring substituents is 1. The number of nitrogens with zero attached hydrogens (tertiary/aromatic N) is 2. The van der Waals surface area contributed by atoms with Crippen molar-refractivity contribution in [3.05, 3.63) is 51.2 Å². The third-order valence-electron chi connectivity index (χ3n) is 4.18. The monoisotopic (exact) mass is 374 g/mol. The average molecular weight is 374 g/mol. The number of hydrogen-bond donors (Lipinski definition) is 0. The molecule has 2 rings (SSSR count). The molecule has 142 valence electrons. The average Bonchev–Trinajstić information content (AvgIpc) is 2.61. The molecule has 2 atom stereocenters. The van der Waals surface area contributed by atoms with Crippen LogP contribution in [0.4, 0.5) is 5.69 Å². The van der Waals surface area contributed by atoms with Crippen molar-refractivity contribution in [3.8, 4) is 0 Å². The lowest BCUT2D eigenvalue weighted by Crippen LogP contribution is -2.36. The first-order chi connectivity index (χ1) is 12.8. The summed E-state index contributed by atoms with van der Waals surface area (Å²) >= 11 is 0. The summed E-state index contributed by atoms with van der Waals surface area (Å²) in [4.78, 5) is 50.4. The van der Waals surface area contributed by atoms with E-state index in [-0.39, 0.29) is 30.0 Å². The molecule has 1 aliphatic heterocycles. The van der Waals surface area contributed by atoms with Crippen LogP contribution in [-0.2, 0) is 23.9 Å². The van der Waals surface area contributed by atoms with E-state index in [1.54, 1.807) is 19.9 Å². The Morgan fingerprint density at radius 1 is 1.33 bits per heavy atom. The molecule has 0 radical (unpaired) electrons. The van der Waals surface area contributed by atoms with Gasteiger partial charge in [0, 0.05) is 29.5 Å². The number of esters is 2. The first-order valence-corrected chi connectivity index (χ1v) is 8.13. The van der Waals surface area contributed by atoms with Crippen molar-refractivity contribution in [2.75, 3.05) is 6.61 Å². The smallest absolute Gasteiger partial charge is 0.343 e. The number of aliphatic imine (C=N–C) groups is 1. The summed E-state index contributed by atoms with van der Waals surface area (Å²) in [5, 5.41) is 11.1. The minimum atomic E-state index is -0.982. The fourth-order valence-electron chi connectivity index (χ4n) is 3.14. The Kier molecular flexibility index (Phi) is 6.17. The van der Waals surface area contributed by atoms with Crippen LogP contribution in [0.5, 0.6) is 0 Å². The number of rotatable bonds is 6. The molecule has 0 N–H and O–H groups in total. The number of ether oxygens (including phenoxy) is 2. The van der Waals surface area contributed by atoms with E-state index in [0.29, 0.717) is 11.3 Å². The molecule has 1 aromatic rings. The first-order valence-electron chi connectivity index (χ1n) is 8.13. The van der Waals surface area contributed by atoms with Gasteiger partial charge in [-0.25, -0.2) is 4.79 Å². The van der Waals surface area contributed by atoms with Gasteiger partial charge in [0.2, 0.25) is 0 Å². The third-order valence-corrected chi connectivity index (χ3v) is 4.18. The fraction of sp³-hybridized carbons (Fsp3) is 0.333. The maximum atomic E-state index is 12.6. The summed E-state index contributed by atoms with van der Waals surface area (Å²) in [5.74, 6) is -3.51. The summed E-state index contributed by atoms with van der Waals surface area (Å²) in [6.07, 6.45) is 0. The standard InChI is InChI=1S/C18H18N2O7/c1-4-26-17(22)14-10(2)19-11(3)15(18(23)27-9-21)16(14)12-6-5-7-13(8-12)20(24)25/h5-9,14,16H,4H2,1-3H3. The molecule has 0 aliphatic carbocycles. The summed E-state index contributed by atoms with van der Waals surface area (Å²) < 4.78 is 9.58. The molecule has 0 amide bonds. The lowest BCUT2D eigenvalue weighted by molar-refractivity contribution is -0.384. The van der Waals surface area contributed by atoms with E-state index in [2.05, 4.69) is 9.73 Å². The topological polar surface area (TPSA) is 125 Å². The van der Waals surface area contributed by atoms with Crippen molar-refractivity contribution in [2.45, 2.75) is 26.7 Å². The maximum Gasteiger partial charge on any atom is 0.343 e. The van der Waals surface area contributed by atoms with Crippen molar-refractivity contribution in [1.29, 1.82) is 0 Å². The first kappa shape index (κ1) is 20.0. The molecule has 0 aromatic heterocycles. The van der Waals surface area contributed by atoms with Crippen LogP contribution >= 0.6 is 0 Å². The van der Waals surface area contributed by atoms with Crippen molar-refractivity contribution >= 4 is 29.8 Å². The molecule has 0 fully saturated rings. The van der Waals surface area contributed by atoms with E-state index >= 15 is 0 Å². The van der Waals surface area contributed by atoms with Gasteiger partial charge in [-0.2, -0.15) is 0 Å². The zero-order valence-electron chi connectivity index (χ0n) is 15.0. The zero-order valence-corrected chi connectivity index (χ0v) is 15.0. The summed E-state index contributed by atoms with van der Waals surface area (Å²) in [6, 6.07) is 5.59. The van der Waals surface area contributed by atoms with Crippen LogP contribution in [0.3, 0.4) is 0 Å². The lowest BCUT2D eigenvalue weighted by Gasteiger charge is -2.31. The number of allylic oxidation sites excluding steroid dienone is 1. The molecule has 9 heteroatoms. The van der Waals surface area contributed by atoms with Crippen LogP contribution in [0.15, 0.2) is 40.5 Å². The molecule has 0 saturated carbocycles. The maximum absolute atomic E-state index is 12.6. The molecular formula is C18H18N2O7. The fourth-order valence-corrected chi connectivity index (χ4v) is 3.14. The highest BCUT2D eigenvalue weighted by atomic mass is 16.6. The second-order valence-electron chi connectivity index (χ2n) is 5.81. The lowest BCUT2D eigenvalue weighted by atomic mass is 9.75. The highest BCUT2D eigenvalue weighted by Gasteiger charge is 2.42. The molecule has 9 nitrogen and oxygen atoms in total. The molecular weight excluding hydrogens is 356 g/mol. The molecule has 0 saturated heterocycles. The minimum Gasteiger partial charge on any atom is -0.465 e. The van der Waals surface area contributed by atoms with Crippen LogP contribution < -0.4 is 0 Å². The Balaban J connectivity index is 2.68. The second-order valence-corrected chi connectivity index (χ2v) is 5.81. The molecule has 2 unspecified atom stereocenters. The highest BCUT2D eigenvalue weighted by Crippen LogP contribution is 2.40. The predicted octanol–water partition coefficient (Wildman–Crippen LogP) is 2.31. The second kappa shape index (κ2) is 8.35. The van der Waals surface area contributed by atoms with Crippen molar-refractivity contribution in [3.63, 3.8) is 0 Å². The highest BCUT2D eigenvalue weighted by molar-refractivity contribution is 6.07. The van der Waals surface area contributed by atoms with Crippen LogP contribution in [0.1, 0.15) is 32.3 Å². The van der Waals surface area contributed by atoms with E-state index in [4.69, 9.17) is 4.74 Å². The van der Waals surface area contributed by atoms with Gasteiger partial charge in [-0.1, -0.05) is 12.1 Å². The Morgan fingerprint density at radius 2 is 2.04 bits per heavy atom. The van der Waals surface area contributed by atoms with E-state index in [9.17, 15) is 24.5 Å².